The molecule has 0 atom stereocenters. The summed E-state index contributed by atoms with van der Waals surface area (Å²) in [7, 11) is 0. The predicted octanol–water partition coefficient (Wildman–Crippen LogP) is 1.22. The van der Waals surface area contributed by atoms with Crippen LogP contribution in [0.1, 0.15) is 32.1 Å². The van der Waals surface area contributed by atoms with Gasteiger partial charge in [0.05, 0.1) is 0 Å². The van der Waals surface area contributed by atoms with E-state index in [9.17, 15) is 0 Å². The van der Waals surface area contributed by atoms with Crippen LogP contribution < -0.4 is 5.32 Å². The lowest BCUT2D eigenvalue weighted by Gasteiger charge is -2.51. The minimum absolute atomic E-state index is 0.656. The molecule has 13 heavy (non-hydrogen) atoms. The van der Waals surface area contributed by atoms with Crippen molar-refractivity contribution >= 4 is 0 Å². The average Bonchev–Trinajstić information content (AvgIpc) is 2.84. The van der Waals surface area contributed by atoms with E-state index in [4.69, 9.17) is 0 Å². The van der Waals surface area contributed by atoms with Gasteiger partial charge in [-0.2, -0.15) is 0 Å². The predicted molar refractivity (Wildman–Crippen MR) is 53.7 cm³/mol. The zero-order chi connectivity index (χ0) is 8.73. The van der Waals surface area contributed by atoms with Crippen LogP contribution in [0.4, 0.5) is 0 Å². The van der Waals surface area contributed by atoms with Gasteiger partial charge in [-0.3, -0.25) is 4.90 Å². The maximum atomic E-state index is 3.50. The lowest BCUT2D eigenvalue weighted by atomic mass is 9.80. The summed E-state index contributed by atoms with van der Waals surface area (Å²) in [5.74, 6) is 1.06. The van der Waals surface area contributed by atoms with Crippen LogP contribution in [0, 0.1) is 5.92 Å². The Balaban J connectivity index is 1.77. The highest BCUT2D eigenvalue weighted by atomic mass is 15.3. The Morgan fingerprint density at radius 1 is 1.08 bits per heavy atom. The van der Waals surface area contributed by atoms with Gasteiger partial charge in [0.25, 0.3) is 0 Å². The second kappa shape index (κ2) is 2.96. The van der Waals surface area contributed by atoms with Gasteiger partial charge in [-0.15, -0.1) is 0 Å². The third kappa shape index (κ3) is 1.23. The highest BCUT2D eigenvalue weighted by Crippen LogP contribution is 2.49. The maximum absolute atomic E-state index is 3.50. The number of hydrogen-bond donors (Lipinski definition) is 1. The molecule has 1 aliphatic carbocycles. The van der Waals surface area contributed by atoms with E-state index in [-0.39, 0.29) is 0 Å². The number of likely N-dealkylation sites (tertiary alicyclic amines) is 1. The zero-order valence-electron chi connectivity index (χ0n) is 8.39. The van der Waals surface area contributed by atoms with E-state index >= 15 is 0 Å². The van der Waals surface area contributed by atoms with Gasteiger partial charge in [-0.25, -0.2) is 0 Å². The normalized spacial score (nSPS) is 34.2. The van der Waals surface area contributed by atoms with Crippen molar-refractivity contribution in [3.63, 3.8) is 0 Å². The Kier molecular flexibility index (Phi) is 1.88. The Bertz CT molecular complexity index is 188. The van der Waals surface area contributed by atoms with Crippen molar-refractivity contribution in [3.05, 3.63) is 0 Å². The molecule has 3 rings (SSSR count). The van der Waals surface area contributed by atoms with E-state index in [0.29, 0.717) is 5.54 Å². The fraction of sp³-hybridized carbons (Fsp3) is 1.00. The molecule has 0 radical (unpaired) electrons. The van der Waals surface area contributed by atoms with E-state index < -0.39 is 0 Å². The van der Waals surface area contributed by atoms with Crippen molar-refractivity contribution in [1.29, 1.82) is 0 Å². The highest BCUT2D eigenvalue weighted by molar-refractivity contribution is 5.06. The van der Waals surface area contributed by atoms with Gasteiger partial charge in [0.15, 0.2) is 0 Å². The fourth-order valence-electron chi connectivity index (χ4n) is 3.22. The summed E-state index contributed by atoms with van der Waals surface area (Å²) in [5, 5.41) is 3.50. The monoisotopic (exact) mass is 180 g/mol. The molecule has 0 bridgehead atoms. The molecule has 2 saturated heterocycles. The molecule has 0 aromatic rings. The molecule has 2 aliphatic heterocycles. The fourth-order valence-corrected chi connectivity index (χ4v) is 3.22. The first-order valence-corrected chi connectivity index (χ1v) is 5.88. The molecule has 3 fully saturated rings. The zero-order valence-corrected chi connectivity index (χ0v) is 8.39. The molecule has 74 valence electrons. The summed E-state index contributed by atoms with van der Waals surface area (Å²) in [6, 6.07) is 0. The van der Waals surface area contributed by atoms with Crippen LogP contribution in [0.5, 0.6) is 0 Å². The second-order valence-corrected chi connectivity index (χ2v) is 4.97. The van der Waals surface area contributed by atoms with E-state index in [0.717, 1.165) is 5.92 Å². The van der Waals surface area contributed by atoms with Gasteiger partial charge in [-0.05, 0) is 64.2 Å². The van der Waals surface area contributed by atoms with Crippen LogP contribution >= 0.6 is 0 Å². The summed E-state index contributed by atoms with van der Waals surface area (Å²) in [6.45, 7) is 5.28. The molecule has 0 spiro atoms. The lowest BCUT2D eigenvalue weighted by Crippen LogP contribution is -2.60. The quantitative estimate of drug-likeness (QED) is 0.687. The summed E-state index contributed by atoms with van der Waals surface area (Å²) < 4.78 is 0. The van der Waals surface area contributed by atoms with Crippen LogP contribution in [0.15, 0.2) is 0 Å². The van der Waals surface area contributed by atoms with Crippen LogP contribution in [0.25, 0.3) is 0 Å². The van der Waals surface area contributed by atoms with E-state index in [1.54, 1.807) is 0 Å². The molecule has 2 heterocycles. The van der Waals surface area contributed by atoms with Crippen molar-refractivity contribution in [2.45, 2.75) is 37.6 Å². The summed E-state index contributed by atoms with van der Waals surface area (Å²) >= 11 is 0. The minimum atomic E-state index is 0.656. The van der Waals surface area contributed by atoms with Crippen molar-refractivity contribution in [3.8, 4) is 0 Å². The first-order chi connectivity index (χ1) is 6.42. The van der Waals surface area contributed by atoms with E-state index in [1.807, 2.05) is 0 Å². The molecular weight excluding hydrogens is 160 g/mol. The standard InChI is InChI=1S/C11H20N2/c1-8-13(9-1)11(10-2-3-10)4-6-12-7-5-11/h10,12H,1-9H2. The van der Waals surface area contributed by atoms with E-state index in [2.05, 4.69) is 10.2 Å². The molecule has 1 N–H and O–H groups in total. The van der Waals surface area contributed by atoms with Crippen LogP contribution in [-0.4, -0.2) is 36.6 Å². The smallest absolute Gasteiger partial charge is 0.0261 e. The summed E-state index contributed by atoms with van der Waals surface area (Å²) in [5.41, 5.74) is 0.656. The average molecular weight is 180 g/mol. The topological polar surface area (TPSA) is 15.3 Å². The van der Waals surface area contributed by atoms with Crippen molar-refractivity contribution in [2.24, 2.45) is 5.92 Å². The van der Waals surface area contributed by atoms with Gasteiger partial charge in [0.1, 0.15) is 0 Å². The molecule has 1 saturated carbocycles. The first kappa shape index (κ1) is 8.25. The Morgan fingerprint density at radius 3 is 2.23 bits per heavy atom. The SMILES string of the molecule is C1CN(C2(C3CC3)CCNCC2)C1. The number of hydrogen-bond acceptors (Lipinski definition) is 2. The van der Waals surface area contributed by atoms with Gasteiger partial charge in [-0.1, -0.05) is 0 Å². The third-order valence-electron chi connectivity index (χ3n) is 4.29. The molecule has 2 nitrogen and oxygen atoms in total. The molecule has 3 aliphatic rings. The van der Waals surface area contributed by atoms with Crippen LogP contribution in [-0.2, 0) is 0 Å². The van der Waals surface area contributed by atoms with Crippen molar-refractivity contribution in [1.82, 2.24) is 10.2 Å². The highest BCUT2D eigenvalue weighted by Gasteiger charge is 2.50. The molecule has 0 amide bonds. The van der Waals surface area contributed by atoms with Crippen molar-refractivity contribution in [2.75, 3.05) is 26.2 Å². The molecule has 2 heteroatoms. The van der Waals surface area contributed by atoms with Gasteiger partial charge >= 0.3 is 0 Å². The summed E-state index contributed by atoms with van der Waals surface area (Å²) in [4.78, 5) is 2.78. The van der Waals surface area contributed by atoms with Gasteiger partial charge in [0, 0.05) is 5.54 Å². The van der Waals surface area contributed by atoms with Crippen LogP contribution in [0.3, 0.4) is 0 Å². The third-order valence-corrected chi connectivity index (χ3v) is 4.29. The number of nitrogens with zero attached hydrogens (tertiary/aromatic N) is 1. The number of nitrogens with one attached hydrogen (secondary N) is 1. The largest absolute Gasteiger partial charge is 0.317 e. The van der Waals surface area contributed by atoms with Gasteiger partial charge in [0.2, 0.25) is 0 Å². The molecule has 0 aromatic heterocycles. The van der Waals surface area contributed by atoms with Crippen LogP contribution in [0.2, 0.25) is 0 Å². The Labute approximate surface area is 80.7 Å². The number of piperidine rings is 1. The minimum Gasteiger partial charge on any atom is -0.317 e. The first-order valence-electron chi connectivity index (χ1n) is 5.88. The van der Waals surface area contributed by atoms with E-state index in [1.165, 1.54) is 58.3 Å². The summed E-state index contributed by atoms with van der Waals surface area (Å²) in [6.07, 6.45) is 7.30. The Morgan fingerprint density at radius 2 is 1.77 bits per heavy atom. The lowest BCUT2D eigenvalue weighted by molar-refractivity contribution is -0.0105. The molecule has 0 unspecified atom stereocenters. The maximum Gasteiger partial charge on any atom is 0.0261 e. The van der Waals surface area contributed by atoms with Crippen molar-refractivity contribution < 1.29 is 0 Å². The number of rotatable bonds is 2. The van der Waals surface area contributed by atoms with Gasteiger partial charge < -0.3 is 5.32 Å². The second-order valence-electron chi connectivity index (χ2n) is 4.97. The molecular formula is C11H20N2. The Hall–Kier alpha value is -0.0800. The molecule has 0 aromatic carbocycles.